The lowest BCUT2D eigenvalue weighted by Crippen LogP contribution is -2.44. The molecule has 0 bridgehead atoms. The monoisotopic (exact) mass is 264 g/mol. The summed E-state index contributed by atoms with van der Waals surface area (Å²) in [6.45, 7) is 5.60. The Labute approximate surface area is 112 Å². The Hall–Kier alpha value is -2.11. The van der Waals surface area contributed by atoms with Gasteiger partial charge in [-0.15, -0.1) is 0 Å². The van der Waals surface area contributed by atoms with E-state index in [1.165, 1.54) is 0 Å². The average molecular weight is 264 g/mol. The Bertz CT molecular complexity index is 486. The SMILES string of the molecule is CCCC(NC(=O)c1ccc(C)nc1C)C(N)=NO. The maximum atomic E-state index is 12.1. The van der Waals surface area contributed by atoms with Crippen molar-refractivity contribution in [3.05, 3.63) is 29.1 Å². The lowest BCUT2D eigenvalue weighted by atomic mass is 10.1. The number of nitrogens with one attached hydrogen (secondary N) is 1. The van der Waals surface area contributed by atoms with E-state index in [1.807, 2.05) is 13.8 Å². The van der Waals surface area contributed by atoms with E-state index >= 15 is 0 Å². The van der Waals surface area contributed by atoms with Crippen LogP contribution in [0.5, 0.6) is 0 Å². The molecule has 19 heavy (non-hydrogen) atoms. The topological polar surface area (TPSA) is 101 Å². The summed E-state index contributed by atoms with van der Waals surface area (Å²) in [5, 5.41) is 14.4. The van der Waals surface area contributed by atoms with Crippen molar-refractivity contribution in [3.8, 4) is 0 Å². The van der Waals surface area contributed by atoms with Crippen molar-refractivity contribution < 1.29 is 10.0 Å². The molecule has 1 aromatic heterocycles. The zero-order chi connectivity index (χ0) is 14.4. The fraction of sp³-hybridized carbons (Fsp3) is 0.462. The molecule has 0 aliphatic heterocycles. The summed E-state index contributed by atoms with van der Waals surface area (Å²) < 4.78 is 0. The van der Waals surface area contributed by atoms with Crippen LogP contribution in [0.25, 0.3) is 0 Å². The van der Waals surface area contributed by atoms with Crippen LogP contribution in [-0.4, -0.2) is 28.0 Å². The first-order valence-electron chi connectivity index (χ1n) is 6.22. The predicted octanol–water partition coefficient (Wildman–Crippen LogP) is 1.34. The van der Waals surface area contributed by atoms with Crippen molar-refractivity contribution in [1.29, 1.82) is 0 Å². The smallest absolute Gasteiger partial charge is 0.253 e. The molecule has 1 rings (SSSR count). The minimum Gasteiger partial charge on any atom is -0.409 e. The van der Waals surface area contributed by atoms with Gasteiger partial charge in [0.25, 0.3) is 5.91 Å². The highest BCUT2D eigenvalue weighted by molar-refractivity contribution is 5.98. The molecule has 0 spiro atoms. The number of oxime groups is 1. The zero-order valence-electron chi connectivity index (χ0n) is 11.5. The maximum absolute atomic E-state index is 12.1. The number of amides is 1. The molecule has 1 unspecified atom stereocenters. The van der Waals surface area contributed by atoms with E-state index in [1.54, 1.807) is 19.1 Å². The Morgan fingerprint density at radius 2 is 2.21 bits per heavy atom. The van der Waals surface area contributed by atoms with Crippen molar-refractivity contribution in [1.82, 2.24) is 10.3 Å². The van der Waals surface area contributed by atoms with Crippen LogP contribution in [0.3, 0.4) is 0 Å². The van der Waals surface area contributed by atoms with Gasteiger partial charge in [0.2, 0.25) is 0 Å². The van der Waals surface area contributed by atoms with Gasteiger partial charge in [0, 0.05) is 5.69 Å². The third-order valence-corrected chi connectivity index (χ3v) is 2.82. The Morgan fingerprint density at radius 3 is 2.74 bits per heavy atom. The number of nitrogens with two attached hydrogens (primary N) is 1. The van der Waals surface area contributed by atoms with Crippen molar-refractivity contribution in [2.45, 2.75) is 39.7 Å². The summed E-state index contributed by atoms with van der Waals surface area (Å²) in [7, 11) is 0. The van der Waals surface area contributed by atoms with Crippen molar-refractivity contribution in [2.75, 3.05) is 0 Å². The number of amidine groups is 1. The minimum absolute atomic E-state index is 0.00734. The summed E-state index contributed by atoms with van der Waals surface area (Å²) >= 11 is 0. The normalized spacial score (nSPS) is 13.1. The Kier molecular flexibility index (Phi) is 5.29. The van der Waals surface area contributed by atoms with Crippen LogP contribution < -0.4 is 11.1 Å². The van der Waals surface area contributed by atoms with Crippen molar-refractivity contribution in [3.63, 3.8) is 0 Å². The quantitative estimate of drug-likeness (QED) is 0.323. The van der Waals surface area contributed by atoms with Crippen LogP contribution >= 0.6 is 0 Å². The molecule has 1 aromatic rings. The van der Waals surface area contributed by atoms with E-state index in [2.05, 4.69) is 15.5 Å². The number of nitrogens with zero attached hydrogens (tertiary/aromatic N) is 2. The van der Waals surface area contributed by atoms with Crippen LogP contribution in [0.2, 0.25) is 0 Å². The molecule has 0 fully saturated rings. The molecule has 0 saturated carbocycles. The highest BCUT2D eigenvalue weighted by Crippen LogP contribution is 2.07. The molecule has 0 radical (unpaired) electrons. The lowest BCUT2D eigenvalue weighted by molar-refractivity contribution is 0.0944. The third kappa shape index (κ3) is 3.94. The summed E-state index contributed by atoms with van der Waals surface area (Å²) in [5.41, 5.74) is 7.58. The number of aryl methyl sites for hydroxylation is 2. The van der Waals surface area contributed by atoms with E-state index in [4.69, 9.17) is 10.9 Å². The number of carbonyl (C=O) groups excluding carboxylic acids is 1. The molecular formula is C13H20N4O2. The number of aromatic nitrogens is 1. The van der Waals surface area contributed by atoms with Crippen LogP contribution in [0.4, 0.5) is 0 Å². The standard InChI is InChI=1S/C13H20N4O2/c1-4-5-11(12(14)17-19)16-13(18)10-7-6-8(2)15-9(10)3/h6-7,11,19H,4-5H2,1-3H3,(H2,14,17)(H,16,18). The average Bonchev–Trinajstić information content (AvgIpc) is 2.37. The van der Waals surface area contributed by atoms with Gasteiger partial charge in [-0.1, -0.05) is 18.5 Å². The molecule has 104 valence electrons. The van der Waals surface area contributed by atoms with Gasteiger partial charge in [0.1, 0.15) is 0 Å². The van der Waals surface area contributed by atoms with Gasteiger partial charge in [-0.2, -0.15) is 0 Å². The van der Waals surface area contributed by atoms with Gasteiger partial charge in [-0.25, -0.2) is 0 Å². The van der Waals surface area contributed by atoms with E-state index in [-0.39, 0.29) is 11.7 Å². The van der Waals surface area contributed by atoms with Crippen molar-refractivity contribution in [2.24, 2.45) is 10.9 Å². The maximum Gasteiger partial charge on any atom is 0.253 e. The molecule has 1 heterocycles. The minimum atomic E-state index is -0.469. The van der Waals surface area contributed by atoms with E-state index in [9.17, 15) is 4.79 Å². The van der Waals surface area contributed by atoms with Gasteiger partial charge in [0.15, 0.2) is 5.84 Å². The number of pyridine rings is 1. The molecule has 4 N–H and O–H groups in total. The fourth-order valence-electron chi connectivity index (χ4n) is 1.81. The number of hydrogen-bond donors (Lipinski definition) is 3. The van der Waals surface area contributed by atoms with E-state index in [0.29, 0.717) is 17.7 Å². The van der Waals surface area contributed by atoms with Crippen LogP contribution in [0.1, 0.15) is 41.5 Å². The van der Waals surface area contributed by atoms with Crippen LogP contribution in [0, 0.1) is 13.8 Å². The van der Waals surface area contributed by atoms with E-state index in [0.717, 1.165) is 12.1 Å². The first kappa shape index (κ1) is 14.9. The second kappa shape index (κ2) is 6.72. The molecule has 6 nitrogen and oxygen atoms in total. The highest BCUT2D eigenvalue weighted by Gasteiger charge is 2.18. The molecule has 6 heteroatoms. The van der Waals surface area contributed by atoms with Crippen molar-refractivity contribution >= 4 is 11.7 Å². The molecular weight excluding hydrogens is 244 g/mol. The highest BCUT2D eigenvalue weighted by atomic mass is 16.4. The molecule has 0 aliphatic carbocycles. The number of carbonyl (C=O) groups is 1. The summed E-state index contributed by atoms with van der Waals surface area (Å²) in [6.07, 6.45) is 1.42. The molecule has 0 aliphatic rings. The summed E-state index contributed by atoms with van der Waals surface area (Å²) in [4.78, 5) is 16.4. The largest absolute Gasteiger partial charge is 0.409 e. The van der Waals surface area contributed by atoms with Gasteiger partial charge >= 0.3 is 0 Å². The van der Waals surface area contributed by atoms with Crippen LogP contribution in [-0.2, 0) is 0 Å². The third-order valence-electron chi connectivity index (χ3n) is 2.82. The first-order chi connectivity index (χ1) is 8.99. The summed E-state index contributed by atoms with van der Waals surface area (Å²) in [5.74, 6) is -0.261. The summed E-state index contributed by atoms with van der Waals surface area (Å²) in [6, 6.07) is 3.03. The Balaban J connectivity index is 2.87. The number of hydrogen-bond acceptors (Lipinski definition) is 4. The number of rotatable bonds is 5. The van der Waals surface area contributed by atoms with Crippen LogP contribution in [0.15, 0.2) is 17.3 Å². The van der Waals surface area contributed by atoms with Gasteiger partial charge in [-0.05, 0) is 32.4 Å². The fourth-order valence-corrected chi connectivity index (χ4v) is 1.81. The zero-order valence-corrected chi connectivity index (χ0v) is 11.5. The van der Waals surface area contributed by atoms with Gasteiger partial charge < -0.3 is 16.3 Å². The second-order valence-electron chi connectivity index (χ2n) is 4.43. The van der Waals surface area contributed by atoms with E-state index < -0.39 is 6.04 Å². The molecule has 1 atom stereocenters. The Morgan fingerprint density at radius 1 is 1.53 bits per heavy atom. The predicted molar refractivity (Wildman–Crippen MR) is 73.3 cm³/mol. The molecule has 0 aromatic carbocycles. The second-order valence-corrected chi connectivity index (χ2v) is 4.43. The molecule has 0 saturated heterocycles. The first-order valence-corrected chi connectivity index (χ1v) is 6.22. The lowest BCUT2D eigenvalue weighted by Gasteiger charge is -2.17. The molecule has 1 amide bonds. The van der Waals surface area contributed by atoms with Gasteiger partial charge in [-0.3, -0.25) is 9.78 Å². The van der Waals surface area contributed by atoms with Gasteiger partial charge in [0.05, 0.1) is 17.3 Å².